The fourth-order valence-electron chi connectivity index (χ4n) is 1.07. The van der Waals surface area contributed by atoms with Gasteiger partial charge in [-0.15, -0.1) is 5.59 Å². The molecule has 0 amide bonds. The average molecular weight is 131 g/mol. The van der Waals surface area contributed by atoms with E-state index >= 15 is 0 Å². The first kappa shape index (κ1) is 6.95. The van der Waals surface area contributed by atoms with Gasteiger partial charge in [-0.2, -0.15) is 0 Å². The smallest absolute Gasteiger partial charge is 0.0359 e. The van der Waals surface area contributed by atoms with Crippen molar-refractivity contribution in [3.05, 3.63) is 0 Å². The van der Waals surface area contributed by atoms with Gasteiger partial charge in [0, 0.05) is 12.6 Å². The van der Waals surface area contributed by atoms with E-state index in [1.54, 1.807) is 0 Å². The number of hydrazine groups is 1. The van der Waals surface area contributed by atoms with Crippen molar-refractivity contribution in [3.63, 3.8) is 0 Å². The van der Waals surface area contributed by atoms with Gasteiger partial charge in [0.25, 0.3) is 0 Å². The Labute approximate surface area is 54.6 Å². The summed E-state index contributed by atoms with van der Waals surface area (Å²) in [7, 11) is 0. The van der Waals surface area contributed by atoms with Crippen LogP contribution in [0.1, 0.15) is 12.8 Å². The summed E-state index contributed by atoms with van der Waals surface area (Å²) in [6.07, 6.45) is 2.31. The Balaban J connectivity index is 2.08. The standard InChI is InChI=1S/C5H13N3O/c9-8-7-5-2-1-3-6-4-5/h5-9H,1-4H2. The van der Waals surface area contributed by atoms with Gasteiger partial charge in [0.15, 0.2) is 0 Å². The van der Waals surface area contributed by atoms with Crippen molar-refractivity contribution < 1.29 is 5.21 Å². The van der Waals surface area contributed by atoms with Gasteiger partial charge in [0.05, 0.1) is 0 Å². The van der Waals surface area contributed by atoms with Crippen molar-refractivity contribution in [2.75, 3.05) is 13.1 Å². The quantitative estimate of drug-likeness (QED) is 0.371. The fraction of sp³-hybridized carbons (Fsp3) is 1.00. The summed E-state index contributed by atoms with van der Waals surface area (Å²) < 4.78 is 0. The molecule has 0 aromatic rings. The number of hydrogen-bond acceptors (Lipinski definition) is 4. The highest BCUT2D eigenvalue weighted by atomic mass is 16.5. The molecule has 0 spiro atoms. The maximum Gasteiger partial charge on any atom is 0.0359 e. The second kappa shape index (κ2) is 3.79. The van der Waals surface area contributed by atoms with Gasteiger partial charge >= 0.3 is 0 Å². The van der Waals surface area contributed by atoms with Gasteiger partial charge in [-0.05, 0) is 19.4 Å². The van der Waals surface area contributed by atoms with E-state index in [-0.39, 0.29) is 0 Å². The zero-order chi connectivity index (χ0) is 6.53. The lowest BCUT2D eigenvalue weighted by molar-refractivity contribution is 0.0982. The molecule has 0 aromatic carbocycles. The summed E-state index contributed by atoms with van der Waals surface area (Å²) in [5.74, 6) is 0. The van der Waals surface area contributed by atoms with Gasteiger partial charge in [-0.25, -0.2) is 5.43 Å². The molecule has 1 atom stereocenters. The average Bonchev–Trinajstić information content (AvgIpc) is 1.91. The first-order valence-electron chi connectivity index (χ1n) is 3.29. The highest BCUT2D eigenvalue weighted by Gasteiger charge is 2.10. The molecule has 0 bridgehead atoms. The Bertz CT molecular complexity index is 69.8. The third kappa shape index (κ3) is 2.28. The van der Waals surface area contributed by atoms with Crippen LogP contribution >= 0.6 is 0 Å². The Morgan fingerprint density at radius 3 is 3.00 bits per heavy atom. The lowest BCUT2D eigenvalue weighted by Gasteiger charge is -2.22. The monoisotopic (exact) mass is 131 g/mol. The van der Waals surface area contributed by atoms with Crippen molar-refractivity contribution in [3.8, 4) is 0 Å². The van der Waals surface area contributed by atoms with Gasteiger partial charge in [-0.3, -0.25) is 0 Å². The number of hydrogen-bond donors (Lipinski definition) is 4. The van der Waals surface area contributed by atoms with Gasteiger partial charge in [-0.1, -0.05) is 0 Å². The summed E-state index contributed by atoms with van der Waals surface area (Å²) in [6, 6.07) is 0.378. The molecule has 1 unspecified atom stereocenters. The van der Waals surface area contributed by atoms with E-state index in [9.17, 15) is 0 Å². The van der Waals surface area contributed by atoms with E-state index in [2.05, 4.69) is 10.7 Å². The first-order valence-corrected chi connectivity index (χ1v) is 3.29. The topological polar surface area (TPSA) is 56.3 Å². The molecule has 4 heteroatoms. The lowest BCUT2D eigenvalue weighted by atomic mass is 10.1. The van der Waals surface area contributed by atoms with Crippen LogP contribution in [-0.2, 0) is 0 Å². The van der Waals surface area contributed by atoms with Crippen LogP contribution in [0.4, 0.5) is 0 Å². The highest BCUT2D eigenvalue weighted by Crippen LogP contribution is 1.98. The summed E-state index contributed by atoms with van der Waals surface area (Å²) in [5.41, 5.74) is 4.67. The second-order valence-electron chi connectivity index (χ2n) is 2.30. The largest absolute Gasteiger partial charge is 0.315 e. The van der Waals surface area contributed by atoms with Crippen LogP contribution in [0.3, 0.4) is 0 Å². The van der Waals surface area contributed by atoms with Crippen LogP contribution in [0.15, 0.2) is 0 Å². The molecule has 0 aromatic heterocycles. The van der Waals surface area contributed by atoms with Crippen molar-refractivity contribution in [2.45, 2.75) is 18.9 Å². The van der Waals surface area contributed by atoms with Crippen LogP contribution in [0.5, 0.6) is 0 Å². The Kier molecular flexibility index (Phi) is 2.93. The highest BCUT2D eigenvalue weighted by molar-refractivity contribution is 4.71. The van der Waals surface area contributed by atoms with E-state index in [1.807, 2.05) is 5.59 Å². The molecule has 1 fully saturated rings. The predicted molar refractivity (Wildman–Crippen MR) is 33.9 cm³/mol. The SMILES string of the molecule is ONNC1CCCNC1. The third-order valence-electron chi connectivity index (χ3n) is 1.57. The van der Waals surface area contributed by atoms with Crippen LogP contribution in [0.2, 0.25) is 0 Å². The second-order valence-corrected chi connectivity index (χ2v) is 2.30. The van der Waals surface area contributed by atoms with Gasteiger partial charge in [0.2, 0.25) is 0 Å². The molecule has 1 rings (SSSR count). The molecular formula is C5H13N3O. The normalized spacial score (nSPS) is 28.3. The molecule has 54 valence electrons. The summed E-state index contributed by atoms with van der Waals surface area (Å²) in [4.78, 5) is 0. The van der Waals surface area contributed by atoms with Crippen molar-refractivity contribution in [2.24, 2.45) is 0 Å². The third-order valence-corrected chi connectivity index (χ3v) is 1.57. The van der Waals surface area contributed by atoms with E-state index in [0.29, 0.717) is 6.04 Å². The molecule has 0 radical (unpaired) electrons. The number of nitrogens with one attached hydrogen (secondary N) is 3. The molecule has 9 heavy (non-hydrogen) atoms. The number of piperidine rings is 1. The zero-order valence-corrected chi connectivity index (χ0v) is 5.35. The Hall–Kier alpha value is -0.160. The molecule has 4 nitrogen and oxygen atoms in total. The van der Waals surface area contributed by atoms with E-state index in [1.165, 1.54) is 6.42 Å². The maximum absolute atomic E-state index is 8.23. The predicted octanol–water partition coefficient (Wildman–Crippen LogP) is -0.778. The molecule has 1 saturated heterocycles. The molecule has 0 saturated carbocycles. The van der Waals surface area contributed by atoms with E-state index in [4.69, 9.17) is 5.21 Å². The van der Waals surface area contributed by atoms with Crippen molar-refractivity contribution >= 4 is 0 Å². The number of rotatable bonds is 2. The Morgan fingerprint density at radius 1 is 1.56 bits per heavy atom. The van der Waals surface area contributed by atoms with Gasteiger partial charge < -0.3 is 10.5 Å². The van der Waals surface area contributed by atoms with Crippen LogP contribution < -0.4 is 16.3 Å². The van der Waals surface area contributed by atoms with Crippen LogP contribution in [-0.4, -0.2) is 24.3 Å². The maximum atomic E-state index is 8.23. The minimum Gasteiger partial charge on any atom is -0.315 e. The molecule has 1 aliphatic heterocycles. The summed E-state index contributed by atoms with van der Waals surface area (Å²) in [5, 5.41) is 11.4. The molecule has 1 aliphatic rings. The van der Waals surface area contributed by atoms with E-state index in [0.717, 1.165) is 19.5 Å². The van der Waals surface area contributed by atoms with E-state index < -0.39 is 0 Å². The summed E-state index contributed by atoms with van der Waals surface area (Å²) >= 11 is 0. The first-order chi connectivity index (χ1) is 4.43. The minimum absolute atomic E-state index is 0.378. The zero-order valence-electron chi connectivity index (χ0n) is 5.35. The fourth-order valence-corrected chi connectivity index (χ4v) is 1.07. The Morgan fingerprint density at radius 2 is 2.44 bits per heavy atom. The van der Waals surface area contributed by atoms with Crippen LogP contribution in [0, 0.1) is 0 Å². The molecule has 0 aliphatic carbocycles. The minimum atomic E-state index is 0.378. The lowest BCUT2D eigenvalue weighted by Crippen LogP contribution is -2.47. The van der Waals surface area contributed by atoms with Crippen LogP contribution in [0.25, 0.3) is 0 Å². The molecular weight excluding hydrogens is 118 g/mol. The van der Waals surface area contributed by atoms with Crippen molar-refractivity contribution in [1.82, 2.24) is 16.3 Å². The van der Waals surface area contributed by atoms with Crippen molar-refractivity contribution in [1.29, 1.82) is 0 Å². The molecule has 4 N–H and O–H groups in total. The molecule has 1 heterocycles. The summed E-state index contributed by atoms with van der Waals surface area (Å²) in [6.45, 7) is 2.04. The van der Waals surface area contributed by atoms with Gasteiger partial charge in [0.1, 0.15) is 0 Å².